The van der Waals surface area contributed by atoms with E-state index in [-0.39, 0.29) is 5.78 Å². The van der Waals surface area contributed by atoms with E-state index in [9.17, 15) is 4.79 Å². The molecule has 0 bridgehead atoms. The zero-order valence-electron chi connectivity index (χ0n) is 17.7. The van der Waals surface area contributed by atoms with Gasteiger partial charge in [0.2, 0.25) is 0 Å². The van der Waals surface area contributed by atoms with Gasteiger partial charge in [0.25, 0.3) is 0 Å². The number of carbonyl (C=O) groups is 1. The highest BCUT2D eigenvalue weighted by Crippen LogP contribution is 2.14. The van der Waals surface area contributed by atoms with E-state index in [0.717, 1.165) is 28.3 Å². The zero-order chi connectivity index (χ0) is 22.2. The molecular formula is C25H23N5O2. The van der Waals surface area contributed by atoms with E-state index in [2.05, 4.69) is 20.6 Å². The number of rotatable bonds is 9. The molecular weight excluding hydrogens is 402 g/mol. The number of carbonyl (C=O) groups excluding carboxylic acids is 1. The van der Waals surface area contributed by atoms with Gasteiger partial charge in [-0.1, -0.05) is 23.4 Å². The molecule has 0 spiro atoms. The third-order valence-electron chi connectivity index (χ3n) is 4.82. The minimum atomic E-state index is -0.0547. The summed E-state index contributed by atoms with van der Waals surface area (Å²) < 4.78 is 7.05. The number of nitrogens with one attached hydrogen (secondary N) is 1. The molecule has 7 nitrogen and oxygen atoms in total. The summed E-state index contributed by atoms with van der Waals surface area (Å²) in [6, 6.07) is 19.0. The second-order valence-electron chi connectivity index (χ2n) is 7.17. The third-order valence-corrected chi connectivity index (χ3v) is 4.82. The number of ketones is 1. The molecule has 0 atom stereocenters. The fourth-order valence-electron chi connectivity index (χ4n) is 3.14. The third kappa shape index (κ3) is 5.66. The van der Waals surface area contributed by atoms with Gasteiger partial charge in [-0.2, -0.15) is 0 Å². The molecule has 1 N–H and O–H groups in total. The average Bonchev–Trinajstić information content (AvgIpc) is 3.29. The minimum Gasteiger partial charge on any atom is -0.497 e. The molecule has 160 valence electrons. The standard InChI is InChI=1S/C25H23N5O2/c1-32-24-6-2-4-20(14-24)17-30-18-23(28-29-30)16-27-22-10-8-21(9-11-22)25(31)12-7-19-5-3-13-26-15-19/h2-15,18,27H,16-17H2,1H3/b12-7+. The monoisotopic (exact) mass is 425 g/mol. The SMILES string of the molecule is COc1cccc(Cn2cc(CNc3ccc(C(=O)/C=C/c4cccnc4)cc3)nn2)c1. The van der Waals surface area contributed by atoms with Gasteiger partial charge in [-0.3, -0.25) is 9.78 Å². The van der Waals surface area contributed by atoms with Crippen LogP contribution in [0.15, 0.2) is 85.3 Å². The molecule has 0 aliphatic carbocycles. The van der Waals surface area contributed by atoms with Gasteiger partial charge in [-0.05, 0) is 65.7 Å². The molecule has 2 heterocycles. The zero-order valence-corrected chi connectivity index (χ0v) is 17.7. The number of allylic oxidation sites excluding steroid dienone is 1. The number of benzene rings is 2. The lowest BCUT2D eigenvalue weighted by Crippen LogP contribution is -2.01. The van der Waals surface area contributed by atoms with Crippen LogP contribution >= 0.6 is 0 Å². The molecule has 0 unspecified atom stereocenters. The lowest BCUT2D eigenvalue weighted by Gasteiger charge is -2.05. The first-order valence-corrected chi connectivity index (χ1v) is 10.2. The van der Waals surface area contributed by atoms with E-state index in [4.69, 9.17) is 4.74 Å². The summed E-state index contributed by atoms with van der Waals surface area (Å²) in [6.07, 6.45) is 8.64. The molecule has 0 amide bonds. The predicted molar refractivity (Wildman–Crippen MR) is 123 cm³/mol. The van der Waals surface area contributed by atoms with Gasteiger partial charge >= 0.3 is 0 Å². The number of hydrogen-bond acceptors (Lipinski definition) is 6. The van der Waals surface area contributed by atoms with Gasteiger partial charge in [-0.25, -0.2) is 4.68 Å². The summed E-state index contributed by atoms with van der Waals surface area (Å²) >= 11 is 0. The van der Waals surface area contributed by atoms with Crippen LogP contribution in [0.5, 0.6) is 5.75 Å². The van der Waals surface area contributed by atoms with Crippen LogP contribution < -0.4 is 10.1 Å². The first-order chi connectivity index (χ1) is 15.7. The van der Waals surface area contributed by atoms with E-state index in [0.29, 0.717) is 18.7 Å². The lowest BCUT2D eigenvalue weighted by atomic mass is 10.1. The van der Waals surface area contributed by atoms with Crippen molar-refractivity contribution in [2.24, 2.45) is 0 Å². The summed E-state index contributed by atoms with van der Waals surface area (Å²) in [5.41, 5.74) is 4.33. The van der Waals surface area contributed by atoms with Gasteiger partial charge < -0.3 is 10.1 Å². The van der Waals surface area contributed by atoms with Crippen molar-refractivity contribution in [3.63, 3.8) is 0 Å². The number of hydrogen-bond donors (Lipinski definition) is 1. The van der Waals surface area contributed by atoms with Gasteiger partial charge in [-0.15, -0.1) is 5.10 Å². The van der Waals surface area contributed by atoms with Crippen LogP contribution in [0.3, 0.4) is 0 Å². The normalized spacial score (nSPS) is 10.9. The lowest BCUT2D eigenvalue weighted by molar-refractivity contribution is 0.104. The summed E-state index contributed by atoms with van der Waals surface area (Å²) in [6.45, 7) is 1.15. The Balaban J connectivity index is 1.30. The van der Waals surface area contributed by atoms with Crippen molar-refractivity contribution in [2.45, 2.75) is 13.1 Å². The van der Waals surface area contributed by atoms with Crippen molar-refractivity contribution >= 4 is 17.5 Å². The van der Waals surface area contributed by atoms with E-state index in [1.54, 1.807) is 48.5 Å². The van der Waals surface area contributed by atoms with Gasteiger partial charge in [0.1, 0.15) is 11.4 Å². The van der Waals surface area contributed by atoms with Crippen LogP contribution in [0, 0.1) is 0 Å². The minimum absolute atomic E-state index is 0.0547. The van der Waals surface area contributed by atoms with Crippen molar-refractivity contribution in [1.29, 1.82) is 0 Å². The number of nitrogens with zero attached hydrogens (tertiary/aromatic N) is 4. The Morgan fingerprint density at radius 1 is 1.12 bits per heavy atom. The second-order valence-corrected chi connectivity index (χ2v) is 7.17. The van der Waals surface area contributed by atoms with Crippen LogP contribution in [-0.4, -0.2) is 32.9 Å². The van der Waals surface area contributed by atoms with Crippen molar-refractivity contribution in [2.75, 3.05) is 12.4 Å². The Morgan fingerprint density at radius 2 is 2.00 bits per heavy atom. The largest absolute Gasteiger partial charge is 0.497 e. The highest BCUT2D eigenvalue weighted by molar-refractivity contribution is 6.06. The second kappa shape index (κ2) is 10.2. The van der Waals surface area contributed by atoms with Crippen LogP contribution in [0.1, 0.15) is 27.2 Å². The number of ether oxygens (including phenoxy) is 1. The molecule has 2 aromatic carbocycles. The first kappa shape index (κ1) is 21.0. The maximum Gasteiger partial charge on any atom is 0.185 e. The Labute approximate surface area is 186 Å². The Kier molecular flexibility index (Phi) is 6.67. The fraction of sp³-hybridized carbons (Fsp3) is 0.120. The molecule has 7 heteroatoms. The predicted octanol–water partition coefficient (Wildman–Crippen LogP) is 4.24. The topological polar surface area (TPSA) is 81.9 Å². The first-order valence-electron chi connectivity index (χ1n) is 10.2. The molecule has 4 aromatic rings. The van der Waals surface area contributed by atoms with E-state index in [1.807, 2.05) is 54.7 Å². The van der Waals surface area contributed by atoms with Crippen LogP contribution in [-0.2, 0) is 13.1 Å². The molecule has 32 heavy (non-hydrogen) atoms. The van der Waals surface area contributed by atoms with E-state index >= 15 is 0 Å². The van der Waals surface area contributed by atoms with Gasteiger partial charge in [0, 0.05) is 23.6 Å². The smallest absolute Gasteiger partial charge is 0.185 e. The highest BCUT2D eigenvalue weighted by Gasteiger charge is 2.05. The molecule has 0 radical (unpaired) electrons. The highest BCUT2D eigenvalue weighted by atomic mass is 16.5. The van der Waals surface area contributed by atoms with Crippen molar-refractivity contribution in [3.05, 3.63) is 108 Å². The van der Waals surface area contributed by atoms with Gasteiger partial charge in [0.05, 0.1) is 26.4 Å². The molecule has 4 rings (SSSR count). The number of pyridine rings is 1. The molecule has 0 aliphatic rings. The van der Waals surface area contributed by atoms with Crippen molar-refractivity contribution in [1.82, 2.24) is 20.0 Å². The molecule has 0 saturated carbocycles. The van der Waals surface area contributed by atoms with Crippen LogP contribution in [0.25, 0.3) is 6.08 Å². The summed E-state index contributed by atoms with van der Waals surface area (Å²) in [5.74, 6) is 0.764. The van der Waals surface area contributed by atoms with Crippen LogP contribution in [0.2, 0.25) is 0 Å². The van der Waals surface area contributed by atoms with E-state index in [1.165, 1.54) is 0 Å². The van der Waals surface area contributed by atoms with Gasteiger partial charge in [0.15, 0.2) is 5.78 Å². The number of methoxy groups -OCH3 is 1. The Morgan fingerprint density at radius 3 is 2.78 bits per heavy atom. The van der Waals surface area contributed by atoms with Crippen LogP contribution in [0.4, 0.5) is 5.69 Å². The van der Waals surface area contributed by atoms with Crippen molar-refractivity contribution in [3.8, 4) is 5.75 Å². The quantitative estimate of drug-likeness (QED) is 0.319. The number of aromatic nitrogens is 4. The Hall–Kier alpha value is -4.26. The summed E-state index contributed by atoms with van der Waals surface area (Å²) in [5, 5.41) is 11.7. The average molecular weight is 425 g/mol. The molecule has 0 fully saturated rings. The number of anilines is 1. The van der Waals surface area contributed by atoms with Crippen molar-refractivity contribution < 1.29 is 9.53 Å². The molecule has 0 aliphatic heterocycles. The summed E-state index contributed by atoms with van der Waals surface area (Å²) in [4.78, 5) is 16.4. The van der Waals surface area contributed by atoms with E-state index < -0.39 is 0 Å². The Bertz CT molecular complexity index is 1200. The maximum atomic E-state index is 12.3. The summed E-state index contributed by atoms with van der Waals surface area (Å²) in [7, 11) is 1.65. The molecule has 2 aromatic heterocycles. The maximum absolute atomic E-state index is 12.3. The fourth-order valence-corrected chi connectivity index (χ4v) is 3.14. The molecule has 0 saturated heterocycles.